The lowest BCUT2D eigenvalue weighted by Crippen LogP contribution is -2.26. The van der Waals surface area contributed by atoms with Gasteiger partial charge in [-0.1, -0.05) is 28.1 Å². The number of anilines is 1. The number of aryl methyl sites for hydroxylation is 1. The van der Waals surface area contributed by atoms with Crippen LogP contribution in [-0.4, -0.2) is 17.3 Å². The maximum absolute atomic E-state index is 13.6. The van der Waals surface area contributed by atoms with E-state index < -0.39 is 0 Å². The Labute approximate surface area is 96.2 Å². The van der Waals surface area contributed by atoms with Gasteiger partial charge in [-0.25, -0.2) is 4.39 Å². The molecule has 4 heteroatoms. The van der Waals surface area contributed by atoms with E-state index in [1.165, 1.54) is 11.0 Å². The lowest BCUT2D eigenvalue weighted by atomic mass is 10.2. The summed E-state index contributed by atoms with van der Waals surface area (Å²) in [6, 6.07) is 4.85. The number of halogens is 2. The smallest absolute Gasteiger partial charge is 0.228 e. The monoisotopic (exact) mass is 271 g/mol. The van der Waals surface area contributed by atoms with Crippen LogP contribution in [0.5, 0.6) is 0 Å². The maximum Gasteiger partial charge on any atom is 0.228 e. The molecule has 0 N–H and O–H groups in total. The lowest BCUT2D eigenvalue weighted by Gasteiger charge is -2.18. The minimum absolute atomic E-state index is 0.0231. The molecule has 1 saturated heterocycles. The number of carbonyl (C=O) groups excluding carboxylic acids is 1. The van der Waals surface area contributed by atoms with Crippen LogP contribution in [-0.2, 0) is 4.79 Å². The van der Waals surface area contributed by atoms with E-state index in [0.717, 1.165) is 5.56 Å². The summed E-state index contributed by atoms with van der Waals surface area (Å²) in [7, 11) is 0. The molecule has 0 radical (unpaired) electrons. The summed E-state index contributed by atoms with van der Waals surface area (Å²) >= 11 is 3.38. The highest BCUT2D eigenvalue weighted by atomic mass is 79.9. The summed E-state index contributed by atoms with van der Waals surface area (Å²) in [6.45, 7) is 2.36. The molecule has 0 spiro atoms. The molecule has 1 heterocycles. The molecule has 2 rings (SSSR count). The predicted octanol–water partition coefficient (Wildman–Crippen LogP) is 2.63. The fourth-order valence-corrected chi connectivity index (χ4v) is 2.41. The third-order valence-corrected chi connectivity index (χ3v) is 3.15. The summed E-state index contributed by atoms with van der Waals surface area (Å²) < 4.78 is 13.6. The Balaban J connectivity index is 2.41. The van der Waals surface area contributed by atoms with Crippen molar-refractivity contribution in [1.29, 1.82) is 0 Å². The minimum atomic E-state index is -0.329. The molecule has 1 unspecified atom stereocenters. The molecule has 1 atom stereocenters. The zero-order valence-corrected chi connectivity index (χ0v) is 9.92. The van der Waals surface area contributed by atoms with Crippen LogP contribution in [0.15, 0.2) is 18.2 Å². The van der Waals surface area contributed by atoms with Crippen molar-refractivity contribution in [2.75, 3.05) is 11.4 Å². The highest BCUT2D eigenvalue weighted by Gasteiger charge is 2.31. The first-order valence-corrected chi connectivity index (χ1v) is 5.70. The Hall–Kier alpha value is -0.900. The van der Waals surface area contributed by atoms with Crippen LogP contribution in [0.1, 0.15) is 12.0 Å². The van der Waals surface area contributed by atoms with Gasteiger partial charge in [0.2, 0.25) is 5.91 Å². The number of hydrogen-bond acceptors (Lipinski definition) is 1. The van der Waals surface area contributed by atoms with Gasteiger partial charge in [0.1, 0.15) is 5.82 Å². The summed E-state index contributed by atoms with van der Waals surface area (Å²) in [4.78, 5) is 13.3. The van der Waals surface area contributed by atoms with Crippen molar-refractivity contribution >= 4 is 27.5 Å². The minimum Gasteiger partial charge on any atom is -0.308 e. The van der Waals surface area contributed by atoms with Crippen LogP contribution in [0.4, 0.5) is 10.1 Å². The number of hydrogen-bond donors (Lipinski definition) is 0. The Bertz CT molecular complexity index is 387. The van der Waals surface area contributed by atoms with Crippen molar-refractivity contribution in [3.63, 3.8) is 0 Å². The largest absolute Gasteiger partial charge is 0.308 e. The Morgan fingerprint density at radius 2 is 2.27 bits per heavy atom. The predicted molar refractivity (Wildman–Crippen MR) is 60.8 cm³/mol. The number of carbonyl (C=O) groups is 1. The lowest BCUT2D eigenvalue weighted by molar-refractivity contribution is -0.117. The first kappa shape index (κ1) is 10.6. The summed E-state index contributed by atoms with van der Waals surface area (Å²) in [5.74, 6) is -0.352. The summed E-state index contributed by atoms with van der Waals surface area (Å²) in [5.41, 5.74) is 1.22. The van der Waals surface area contributed by atoms with E-state index >= 15 is 0 Å². The molecule has 0 aliphatic carbocycles. The van der Waals surface area contributed by atoms with Gasteiger partial charge in [0.15, 0.2) is 0 Å². The van der Waals surface area contributed by atoms with Crippen LogP contribution in [0, 0.1) is 12.7 Å². The van der Waals surface area contributed by atoms with Gasteiger partial charge < -0.3 is 4.90 Å². The second-order valence-electron chi connectivity index (χ2n) is 3.71. The van der Waals surface area contributed by atoms with E-state index in [2.05, 4.69) is 15.9 Å². The van der Waals surface area contributed by atoms with Crippen LogP contribution >= 0.6 is 15.9 Å². The molecular weight excluding hydrogens is 261 g/mol. The average molecular weight is 272 g/mol. The van der Waals surface area contributed by atoms with Gasteiger partial charge in [-0.05, 0) is 18.6 Å². The molecule has 1 aliphatic rings. The third-order valence-electron chi connectivity index (χ3n) is 2.54. The van der Waals surface area contributed by atoms with Gasteiger partial charge >= 0.3 is 0 Å². The Kier molecular flexibility index (Phi) is 2.78. The van der Waals surface area contributed by atoms with E-state index in [1.807, 2.05) is 13.0 Å². The number of alkyl halides is 1. The fourth-order valence-electron chi connectivity index (χ4n) is 1.85. The first-order chi connectivity index (χ1) is 7.09. The zero-order valence-electron chi connectivity index (χ0n) is 8.34. The van der Waals surface area contributed by atoms with Gasteiger partial charge in [-0.15, -0.1) is 0 Å². The SMILES string of the molecule is Cc1cccc(F)c1N1CC(Br)CC1=O. The quantitative estimate of drug-likeness (QED) is 0.720. The van der Waals surface area contributed by atoms with Gasteiger partial charge in [0, 0.05) is 17.8 Å². The summed E-state index contributed by atoms with van der Waals surface area (Å²) in [6.07, 6.45) is 0.438. The number of rotatable bonds is 1. The molecular formula is C11H11BrFNO. The summed E-state index contributed by atoms with van der Waals surface area (Å²) in [5, 5.41) is 0. The molecule has 0 aromatic heterocycles. The van der Waals surface area contributed by atoms with Crippen LogP contribution in [0.3, 0.4) is 0 Å². The van der Waals surface area contributed by atoms with Gasteiger partial charge in [-0.2, -0.15) is 0 Å². The van der Waals surface area contributed by atoms with Crippen LogP contribution < -0.4 is 4.90 Å². The molecule has 0 bridgehead atoms. The highest BCUT2D eigenvalue weighted by Crippen LogP contribution is 2.29. The number of nitrogens with zero attached hydrogens (tertiary/aromatic N) is 1. The van der Waals surface area contributed by atoms with Crippen molar-refractivity contribution in [1.82, 2.24) is 0 Å². The molecule has 15 heavy (non-hydrogen) atoms. The van der Waals surface area contributed by atoms with E-state index in [1.54, 1.807) is 6.07 Å². The molecule has 1 aromatic carbocycles. The molecule has 80 valence electrons. The zero-order chi connectivity index (χ0) is 11.0. The number of para-hydroxylation sites is 1. The molecule has 0 saturated carbocycles. The van der Waals surface area contributed by atoms with Crippen molar-refractivity contribution < 1.29 is 9.18 Å². The molecule has 1 aromatic rings. The van der Waals surface area contributed by atoms with E-state index in [4.69, 9.17) is 0 Å². The Morgan fingerprint density at radius 3 is 2.80 bits per heavy atom. The van der Waals surface area contributed by atoms with Crippen molar-refractivity contribution in [2.45, 2.75) is 18.2 Å². The standard InChI is InChI=1S/C11H11BrFNO/c1-7-3-2-4-9(13)11(7)14-6-8(12)5-10(14)15/h2-4,8H,5-6H2,1H3. The molecule has 1 aliphatic heterocycles. The molecule has 1 amide bonds. The first-order valence-electron chi connectivity index (χ1n) is 4.79. The van der Waals surface area contributed by atoms with Gasteiger partial charge in [0.25, 0.3) is 0 Å². The van der Waals surface area contributed by atoms with E-state index in [9.17, 15) is 9.18 Å². The third kappa shape index (κ3) is 1.91. The van der Waals surface area contributed by atoms with E-state index in [-0.39, 0.29) is 16.6 Å². The normalized spacial score (nSPS) is 21.1. The van der Waals surface area contributed by atoms with Gasteiger partial charge in [-0.3, -0.25) is 4.79 Å². The Morgan fingerprint density at radius 1 is 1.53 bits per heavy atom. The number of amides is 1. The van der Waals surface area contributed by atoms with Crippen molar-refractivity contribution in [2.24, 2.45) is 0 Å². The fraction of sp³-hybridized carbons (Fsp3) is 0.364. The highest BCUT2D eigenvalue weighted by molar-refractivity contribution is 9.09. The molecule has 1 fully saturated rings. The van der Waals surface area contributed by atoms with E-state index in [0.29, 0.717) is 18.7 Å². The van der Waals surface area contributed by atoms with Crippen molar-refractivity contribution in [3.05, 3.63) is 29.6 Å². The molecule has 2 nitrogen and oxygen atoms in total. The van der Waals surface area contributed by atoms with Gasteiger partial charge in [0.05, 0.1) is 5.69 Å². The van der Waals surface area contributed by atoms with Crippen molar-refractivity contribution in [3.8, 4) is 0 Å². The maximum atomic E-state index is 13.6. The topological polar surface area (TPSA) is 20.3 Å². The van der Waals surface area contributed by atoms with Crippen LogP contribution in [0.25, 0.3) is 0 Å². The van der Waals surface area contributed by atoms with Crippen LogP contribution in [0.2, 0.25) is 0 Å². The average Bonchev–Trinajstić information content (AvgIpc) is 2.45. The second-order valence-corrected chi connectivity index (χ2v) is 5.01. The second kappa shape index (κ2) is 3.93. The number of benzene rings is 1.